The van der Waals surface area contributed by atoms with E-state index in [2.05, 4.69) is 0 Å². The van der Waals surface area contributed by atoms with Gasteiger partial charge in [0.25, 0.3) is 0 Å². The smallest absolute Gasteiger partial charge is 0.310 e. The third kappa shape index (κ3) is 3.96. The fourth-order valence-electron chi connectivity index (χ4n) is 3.11. The maximum absolute atomic E-state index is 12.7. The highest BCUT2D eigenvalue weighted by atomic mass is 32.2. The molecule has 0 spiro atoms. The Labute approximate surface area is 149 Å². The Kier molecular flexibility index (Phi) is 4.54. The minimum atomic E-state index is -3.50. The van der Waals surface area contributed by atoms with Crippen LogP contribution in [-0.4, -0.2) is 37.4 Å². The maximum atomic E-state index is 12.7. The summed E-state index contributed by atoms with van der Waals surface area (Å²) in [7, 11) is -3.50. The zero-order valence-corrected chi connectivity index (χ0v) is 16.0. The van der Waals surface area contributed by atoms with Crippen LogP contribution in [0.5, 0.6) is 0 Å². The number of sulfonamides is 1. The Bertz CT molecular complexity index is 803. The summed E-state index contributed by atoms with van der Waals surface area (Å²) in [6.45, 7) is 8.21. The molecule has 1 fully saturated rings. The largest absolute Gasteiger partial charge is 0.460 e. The van der Waals surface area contributed by atoms with Gasteiger partial charge in [-0.1, -0.05) is 29.3 Å². The average Bonchev–Trinajstić information content (AvgIpc) is 3.15. The second-order valence-corrected chi connectivity index (χ2v) is 9.81. The molecule has 0 bridgehead atoms. The molecule has 1 heterocycles. The monoisotopic (exact) mass is 363 g/mol. The number of ether oxygens (including phenoxy) is 1. The average molecular weight is 363 g/mol. The molecule has 1 saturated carbocycles. The van der Waals surface area contributed by atoms with Gasteiger partial charge in [-0.05, 0) is 52.2 Å². The highest BCUT2D eigenvalue weighted by molar-refractivity contribution is 7.89. The molecule has 2 aliphatic rings. The second kappa shape index (κ2) is 6.25. The fraction of sp³-hybridized carbons (Fsp3) is 0.526. The van der Waals surface area contributed by atoms with E-state index in [0.29, 0.717) is 18.0 Å². The summed E-state index contributed by atoms with van der Waals surface area (Å²) in [5, 5.41) is 0. The van der Waals surface area contributed by atoms with Crippen LogP contribution in [0.15, 0.2) is 40.8 Å². The van der Waals surface area contributed by atoms with Gasteiger partial charge >= 0.3 is 5.97 Å². The molecule has 1 aliphatic heterocycles. The van der Waals surface area contributed by atoms with Crippen LogP contribution < -0.4 is 0 Å². The summed E-state index contributed by atoms with van der Waals surface area (Å²) in [6, 6.07) is 6.89. The van der Waals surface area contributed by atoms with E-state index >= 15 is 0 Å². The van der Waals surface area contributed by atoms with E-state index in [1.54, 1.807) is 24.3 Å². The van der Waals surface area contributed by atoms with Crippen molar-refractivity contribution in [1.82, 2.24) is 4.31 Å². The van der Waals surface area contributed by atoms with Crippen LogP contribution in [0.25, 0.3) is 0 Å². The quantitative estimate of drug-likeness (QED) is 0.609. The Morgan fingerprint density at radius 3 is 2.44 bits per heavy atom. The molecule has 1 aromatic rings. The zero-order valence-electron chi connectivity index (χ0n) is 15.2. The van der Waals surface area contributed by atoms with Gasteiger partial charge in [0.05, 0.1) is 10.8 Å². The van der Waals surface area contributed by atoms with Crippen molar-refractivity contribution in [2.24, 2.45) is 11.8 Å². The Morgan fingerprint density at radius 2 is 1.84 bits per heavy atom. The van der Waals surface area contributed by atoms with Crippen LogP contribution in [0, 0.1) is 18.8 Å². The molecule has 0 N–H and O–H groups in total. The van der Waals surface area contributed by atoms with Crippen molar-refractivity contribution in [2.45, 2.75) is 44.6 Å². The van der Waals surface area contributed by atoms with E-state index in [4.69, 9.17) is 4.74 Å². The van der Waals surface area contributed by atoms with E-state index in [0.717, 1.165) is 17.6 Å². The van der Waals surface area contributed by atoms with Crippen LogP contribution in [-0.2, 0) is 19.6 Å². The van der Waals surface area contributed by atoms with E-state index < -0.39 is 15.6 Å². The minimum Gasteiger partial charge on any atom is -0.460 e. The molecule has 0 aromatic heterocycles. The summed E-state index contributed by atoms with van der Waals surface area (Å²) in [6.07, 6.45) is 2.69. The Balaban J connectivity index is 1.63. The van der Waals surface area contributed by atoms with Crippen molar-refractivity contribution in [1.29, 1.82) is 0 Å². The number of benzene rings is 1. The standard InChI is InChI=1S/C19H25NO4S/c1-13-5-7-15(8-6-13)25(22,23)20-10-9-14(12-20)16-11-17(16)18(21)24-19(2,3)4/h5-9,16-17H,10-12H2,1-4H3/t16-,17-/m0/s1. The number of esters is 1. The molecular formula is C19H25NO4S. The molecule has 0 saturated heterocycles. The lowest BCUT2D eigenvalue weighted by Crippen LogP contribution is -2.29. The molecule has 5 nitrogen and oxygen atoms in total. The highest BCUT2D eigenvalue weighted by Gasteiger charge is 2.48. The lowest BCUT2D eigenvalue weighted by molar-refractivity contribution is -0.156. The number of nitrogens with zero attached hydrogens (tertiary/aromatic N) is 1. The summed E-state index contributed by atoms with van der Waals surface area (Å²) in [5.41, 5.74) is 1.57. The Morgan fingerprint density at radius 1 is 1.20 bits per heavy atom. The highest BCUT2D eigenvalue weighted by Crippen LogP contribution is 2.47. The predicted octanol–water partition coefficient (Wildman–Crippen LogP) is 2.90. The van der Waals surface area contributed by atoms with Crippen molar-refractivity contribution in [3.05, 3.63) is 41.5 Å². The van der Waals surface area contributed by atoms with E-state index in [9.17, 15) is 13.2 Å². The van der Waals surface area contributed by atoms with Crippen molar-refractivity contribution in [3.8, 4) is 0 Å². The molecular weight excluding hydrogens is 338 g/mol. The van der Waals surface area contributed by atoms with Crippen molar-refractivity contribution < 1.29 is 17.9 Å². The summed E-state index contributed by atoms with van der Waals surface area (Å²) < 4.78 is 32.4. The molecule has 0 radical (unpaired) electrons. The second-order valence-electron chi connectivity index (χ2n) is 7.87. The van der Waals surface area contributed by atoms with Crippen LogP contribution in [0.1, 0.15) is 32.8 Å². The number of hydrogen-bond acceptors (Lipinski definition) is 4. The van der Waals surface area contributed by atoms with Gasteiger partial charge in [0, 0.05) is 13.1 Å². The van der Waals surface area contributed by atoms with Crippen molar-refractivity contribution in [3.63, 3.8) is 0 Å². The zero-order chi connectivity index (χ0) is 18.4. The lowest BCUT2D eigenvalue weighted by atomic mass is 10.1. The van der Waals surface area contributed by atoms with Gasteiger partial charge in [0.1, 0.15) is 5.60 Å². The molecule has 25 heavy (non-hydrogen) atoms. The molecule has 1 aromatic carbocycles. The third-order valence-electron chi connectivity index (χ3n) is 4.55. The number of carbonyl (C=O) groups excluding carboxylic acids is 1. The summed E-state index contributed by atoms with van der Waals surface area (Å²) in [4.78, 5) is 12.5. The molecule has 0 unspecified atom stereocenters. The predicted molar refractivity (Wildman–Crippen MR) is 95.5 cm³/mol. The minimum absolute atomic E-state index is 0.119. The topological polar surface area (TPSA) is 63.7 Å². The first-order chi connectivity index (χ1) is 11.6. The molecule has 6 heteroatoms. The number of rotatable bonds is 4. The molecule has 136 valence electrons. The normalized spacial score (nSPS) is 24.1. The number of hydrogen-bond donors (Lipinski definition) is 0. The van der Waals surface area contributed by atoms with E-state index in [1.807, 2.05) is 33.8 Å². The first-order valence-electron chi connectivity index (χ1n) is 8.56. The lowest BCUT2D eigenvalue weighted by Gasteiger charge is -2.19. The van der Waals surface area contributed by atoms with E-state index in [1.165, 1.54) is 4.31 Å². The molecule has 2 atom stereocenters. The summed E-state index contributed by atoms with van der Waals surface area (Å²) >= 11 is 0. The molecule has 0 amide bonds. The van der Waals surface area contributed by atoms with Crippen molar-refractivity contribution >= 4 is 16.0 Å². The van der Waals surface area contributed by atoms with Crippen LogP contribution in [0.2, 0.25) is 0 Å². The maximum Gasteiger partial charge on any atom is 0.310 e. The Hall–Kier alpha value is -1.66. The van der Waals surface area contributed by atoms with Gasteiger partial charge in [-0.15, -0.1) is 0 Å². The summed E-state index contributed by atoms with van der Waals surface area (Å²) in [5.74, 6) is -0.196. The van der Waals surface area contributed by atoms with Gasteiger partial charge < -0.3 is 4.74 Å². The first-order valence-corrected chi connectivity index (χ1v) is 10.0. The van der Waals surface area contributed by atoms with E-state index in [-0.39, 0.29) is 17.8 Å². The molecule has 3 rings (SSSR count). The molecule has 1 aliphatic carbocycles. The number of aryl methyl sites for hydroxylation is 1. The van der Waals surface area contributed by atoms with Gasteiger partial charge in [-0.25, -0.2) is 8.42 Å². The number of carbonyl (C=O) groups is 1. The van der Waals surface area contributed by atoms with Gasteiger partial charge in [0.15, 0.2) is 0 Å². The fourth-order valence-corrected chi connectivity index (χ4v) is 4.47. The third-order valence-corrected chi connectivity index (χ3v) is 6.38. The SMILES string of the molecule is Cc1ccc(S(=O)(=O)N2CC=C([C@@H]3C[C@@H]3C(=O)OC(C)(C)C)C2)cc1. The van der Waals surface area contributed by atoms with Crippen LogP contribution >= 0.6 is 0 Å². The van der Waals surface area contributed by atoms with Gasteiger partial charge in [-0.3, -0.25) is 4.79 Å². The first kappa shape index (κ1) is 18.1. The van der Waals surface area contributed by atoms with Gasteiger partial charge in [0.2, 0.25) is 10.0 Å². The van der Waals surface area contributed by atoms with Crippen molar-refractivity contribution in [2.75, 3.05) is 13.1 Å². The van der Waals surface area contributed by atoms with Crippen LogP contribution in [0.3, 0.4) is 0 Å². The van der Waals surface area contributed by atoms with Crippen LogP contribution in [0.4, 0.5) is 0 Å². The van der Waals surface area contributed by atoms with Gasteiger partial charge in [-0.2, -0.15) is 4.31 Å².